The number of fused-ring (bicyclic) bond motifs is 1. The zero-order valence-electron chi connectivity index (χ0n) is 16.6. The fourth-order valence-corrected chi connectivity index (χ4v) is 4.10. The molecule has 2 fully saturated rings. The van der Waals surface area contributed by atoms with E-state index in [0.29, 0.717) is 5.69 Å². The van der Waals surface area contributed by atoms with Crippen LogP contribution in [0.1, 0.15) is 6.92 Å². The molecule has 2 heterocycles. The van der Waals surface area contributed by atoms with E-state index in [9.17, 15) is 23.6 Å². The molecule has 29 heavy (non-hydrogen) atoms. The van der Waals surface area contributed by atoms with E-state index < -0.39 is 53.0 Å². The first-order valence-electron chi connectivity index (χ1n) is 9.05. The molecule has 3 rings (SSSR count). The SMILES string of the molecule is COC(=O)[C@]1(C)N[C@H](CN(C)C(=O)Nc2ccc(F)cc2)[C@@H]2C(=O)N(C)C(=O)[C@@H]21. The minimum Gasteiger partial charge on any atom is -0.468 e. The molecule has 10 heteroatoms. The predicted molar refractivity (Wildman–Crippen MR) is 100 cm³/mol. The van der Waals surface area contributed by atoms with Gasteiger partial charge in [-0.2, -0.15) is 0 Å². The fourth-order valence-electron chi connectivity index (χ4n) is 4.10. The summed E-state index contributed by atoms with van der Waals surface area (Å²) in [5.41, 5.74) is -0.970. The summed E-state index contributed by atoms with van der Waals surface area (Å²) in [7, 11) is 4.11. The first-order chi connectivity index (χ1) is 13.6. The molecule has 0 aromatic heterocycles. The van der Waals surface area contributed by atoms with E-state index in [-0.39, 0.29) is 6.54 Å². The zero-order chi connectivity index (χ0) is 21.5. The molecule has 156 valence electrons. The molecule has 1 aromatic carbocycles. The van der Waals surface area contributed by atoms with Crippen molar-refractivity contribution in [1.29, 1.82) is 0 Å². The Morgan fingerprint density at radius 2 is 1.90 bits per heavy atom. The number of esters is 1. The second-order valence-electron chi connectivity index (χ2n) is 7.50. The maximum atomic E-state index is 13.0. The van der Waals surface area contributed by atoms with E-state index in [4.69, 9.17) is 4.74 Å². The lowest BCUT2D eigenvalue weighted by Gasteiger charge is -2.29. The molecule has 0 spiro atoms. The largest absolute Gasteiger partial charge is 0.468 e. The van der Waals surface area contributed by atoms with Gasteiger partial charge >= 0.3 is 12.0 Å². The summed E-state index contributed by atoms with van der Waals surface area (Å²) in [6, 6.07) is 4.18. The Balaban J connectivity index is 1.78. The number of rotatable bonds is 4. The number of methoxy groups -OCH3 is 1. The highest BCUT2D eigenvalue weighted by molar-refractivity contribution is 6.09. The topological polar surface area (TPSA) is 108 Å². The lowest BCUT2D eigenvalue weighted by molar-refractivity contribution is -0.152. The van der Waals surface area contributed by atoms with Crippen molar-refractivity contribution in [1.82, 2.24) is 15.1 Å². The van der Waals surface area contributed by atoms with Crippen molar-refractivity contribution in [2.75, 3.05) is 33.1 Å². The quantitative estimate of drug-likeness (QED) is 0.554. The first kappa shape index (κ1) is 20.7. The lowest BCUT2D eigenvalue weighted by Crippen LogP contribution is -2.56. The van der Waals surface area contributed by atoms with E-state index in [1.807, 2.05) is 0 Å². The average Bonchev–Trinajstić information content (AvgIpc) is 3.11. The van der Waals surface area contributed by atoms with Crippen LogP contribution in [0.4, 0.5) is 14.9 Å². The first-order valence-corrected chi connectivity index (χ1v) is 9.05. The van der Waals surface area contributed by atoms with Gasteiger partial charge < -0.3 is 15.0 Å². The van der Waals surface area contributed by atoms with Gasteiger partial charge in [0.2, 0.25) is 11.8 Å². The van der Waals surface area contributed by atoms with Crippen LogP contribution in [-0.4, -0.2) is 72.9 Å². The van der Waals surface area contributed by atoms with Gasteiger partial charge in [-0.05, 0) is 31.2 Å². The summed E-state index contributed by atoms with van der Waals surface area (Å²) in [5.74, 6) is -3.64. The van der Waals surface area contributed by atoms with Crippen LogP contribution in [0.5, 0.6) is 0 Å². The number of nitrogens with one attached hydrogen (secondary N) is 2. The number of imide groups is 1. The number of ether oxygens (including phenoxy) is 1. The van der Waals surface area contributed by atoms with Gasteiger partial charge in [0.05, 0.1) is 18.9 Å². The molecule has 2 saturated heterocycles. The van der Waals surface area contributed by atoms with Crippen molar-refractivity contribution in [3.8, 4) is 0 Å². The van der Waals surface area contributed by atoms with Crippen LogP contribution in [0, 0.1) is 17.7 Å². The van der Waals surface area contributed by atoms with Crippen molar-refractivity contribution in [3.05, 3.63) is 30.1 Å². The van der Waals surface area contributed by atoms with Crippen LogP contribution in [0.25, 0.3) is 0 Å². The van der Waals surface area contributed by atoms with E-state index in [1.54, 1.807) is 0 Å². The van der Waals surface area contributed by atoms with Crippen LogP contribution in [-0.2, 0) is 19.1 Å². The van der Waals surface area contributed by atoms with E-state index in [2.05, 4.69) is 10.6 Å². The number of likely N-dealkylation sites (tertiary alicyclic amines) is 1. The lowest BCUT2D eigenvalue weighted by atomic mass is 9.81. The third-order valence-electron chi connectivity index (χ3n) is 5.63. The van der Waals surface area contributed by atoms with Crippen LogP contribution < -0.4 is 10.6 Å². The highest BCUT2D eigenvalue weighted by Gasteiger charge is 2.66. The summed E-state index contributed by atoms with van der Waals surface area (Å²) in [6.45, 7) is 1.59. The Morgan fingerprint density at radius 3 is 2.48 bits per heavy atom. The molecule has 4 amide bonds. The normalized spacial score (nSPS) is 28.3. The van der Waals surface area contributed by atoms with Crippen LogP contribution in [0.2, 0.25) is 0 Å². The van der Waals surface area contributed by atoms with Gasteiger partial charge in [0.25, 0.3) is 0 Å². The number of nitrogens with zero attached hydrogens (tertiary/aromatic N) is 2. The average molecular weight is 406 g/mol. The third kappa shape index (κ3) is 3.44. The summed E-state index contributed by atoms with van der Waals surface area (Å²) < 4.78 is 17.9. The molecule has 4 atom stereocenters. The minimum absolute atomic E-state index is 0.0631. The molecule has 0 saturated carbocycles. The molecule has 2 aliphatic rings. The van der Waals surface area contributed by atoms with Gasteiger partial charge in [-0.3, -0.25) is 24.6 Å². The molecule has 9 nitrogen and oxygen atoms in total. The maximum absolute atomic E-state index is 13.0. The van der Waals surface area contributed by atoms with E-state index in [1.165, 1.54) is 57.3 Å². The smallest absolute Gasteiger partial charge is 0.326 e. The second kappa shape index (κ2) is 7.43. The van der Waals surface area contributed by atoms with Gasteiger partial charge in [-0.1, -0.05) is 0 Å². The van der Waals surface area contributed by atoms with E-state index in [0.717, 1.165) is 4.90 Å². The van der Waals surface area contributed by atoms with Gasteiger partial charge in [0, 0.05) is 32.4 Å². The maximum Gasteiger partial charge on any atom is 0.326 e. The Bertz CT molecular complexity index is 861. The Hall–Kier alpha value is -3.01. The number of carbonyl (C=O) groups is 4. The Labute approximate surface area is 167 Å². The van der Waals surface area contributed by atoms with Crippen molar-refractivity contribution in [2.45, 2.75) is 18.5 Å². The number of halogens is 1. The number of carbonyl (C=O) groups excluding carboxylic acids is 4. The molecule has 0 bridgehead atoms. The van der Waals surface area contributed by atoms with Gasteiger partial charge in [-0.25, -0.2) is 9.18 Å². The second-order valence-corrected chi connectivity index (χ2v) is 7.50. The zero-order valence-corrected chi connectivity index (χ0v) is 16.6. The summed E-state index contributed by atoms with van der Waals surface area (Å²) in [5, 5.41) is 5.67. The van der Waals surface area contributed by atoms with Crippen molar-refractivity contribution < 1.29 is 28.3 Å². The molecule has 0 unspecified atom stereocenters. The number of anilines is 1. The van der Waals surface area contributed by atoms with Crippen molar-refractivity contribution >= 4 is 29.5 Å². The number of hydrogen-bond acceptors (Lipinski definition) is 6. The molecule has 0 radical (unpaired) electrons. The molecular weight excluding hydrogens is 383 g/mol. The highest BCUT2D eigenvalue weighted by atomic mass is 19.1. The standard InChI is InChI=1S/C19H23FN4O5/c1-19(17(27)29-4)14-13(15(25)24(3)16(14)26)12(22-19)9-23(2)18(28)21-11-7-5-10(20)6-8-11/h5-8,12-14,22H,9H2,1-4H3,(H,21,28)/t12-,13+,14-,19-/m1/s1. The van der Waals surface area contributed by atoms with Crippen LogP contribution in [0.3, 0.4) is 0 Å². The summed E-state index contributed by atoms with van der Waals surface area (Å²) in [4.78, 5) is 52.4. The number of hydrogen-bond donors (Lipinski definition) is 2. The summed E-state index contributed by atoms with van der Waals surface area (Å²) >= 11 is 0. The van der Waals surface area contributed by atoms with Gasteiger partial charge in [0.1, 0.15) is 11.4 Å². The molecular formula is C19H23FN4O5. The third-order valence-corrected chi connectivity index (χ3v) is 5.63. The van der Waals surface area contributed by atoms with E-state index >= 15 is 0 Å². The molecule has 1 aromatic rings. The fraction of sp³-hybridized carbons (Fsp3) is 0.474. The number of urea groups is 1. The predicted octanol–water partition coefficient (Wildman–Crippen LogP) is 0.424. The summed E-state index contributed by atoms with van der Waals surface area (Å²) in [6.07, 6.45) is 0. The molecule has 2 aliphatic heterocycles. The van der Waals surface area contributed by atoms with Crippen molar-refractivity contribution in [3.63, 3.8) is 0 Å². The van der Waals surface area contributed by atoms with Crippen LogP contribution in [0.15, 0.2) is 24.3 Å². The Kier molecular flexibility index (Phi) is 5.31. The van der Waals surface area contributed by atoms with Crippen LogP contribution >= 0.6 is 0 Å². The number of benzene rings is 1. The van der Waals surface area contributed by atoms with Gasteiger partial charge in [0.15, 0.2) is 0 Å². The highest BCUT2D eigenvalue weighted by Crippen LogP contribution is 2.43. The Morgan fingerprint density at radius 1 is 1.28 bits per heavy atom. The monoisotopic (exact) mass is 406 g/mol. The molecule has 0 aliphatic carbocycles. The van der Waals surface area contributed by atoms with Gasteiger partial charge in [-0.15, -0.1) is 0 Å². The number of amides is 4. The van der Waals surface area contributed by atoms with Crippen molar-refractivity contribution in [2.24, 2.45) is 11.8 Å². The molecule has 2 N–H and O–H groups in total. The number of likely N-dealkylation sites (N-methyl/N-ethyl adjacent to an activating group) is 1. The minimum atomic E-state index is -1.38.